The molecule has 13 heavy (non-hydrogen) atoms. The molecule has 1 radical (unpaired) electrons. The van der Waals surface area contributed by atoms with Gasteiger partial charge in [-0.25, -0.2) is 4.98 Å². The van der Waals surface area contributed by atoms with E-state index in [1.807, 2.05) is 19.9 Å². The van der Waals surface area contributed by atoms with Crippen molar-refractivity contribution in [1.82, 2.24) is 4.98 Å². The van der Waals surface area contributed by atoms with E-state index in [-0.39, 0.29) is 0 Å². The van der Waals surface area contributed by atoms with Gasteiger partial charge in [0.2, 0.25) is 0 Å². The molecule has 0 atom stereocenters. The zero-order valence-corrected chi connectivity index (χ0v) is 7.57. The van der Waals surface area contributed by atoms with Gasteiger partial charge in [0, 0.05) is 5.56 Å². The molecule has 67 valence electrons. The maximum atomic E-state index is 5.26. The lowest BCUT2D eigenvalue weighted by Crippen LogP contribution is -1.95. The SMILES string of the molecule is C[C](c1ccoc1)c1ocnc1C. The second-order valence-corrected chi connectivity index (χ2v) is 2.90. The molecular formula is C10H10NO2. The van der Waals surface area contributed by atoms with Crippen LogP contribution in [0.5, 0.6) is 0 Å². The summed E-state index contributed by atoms with van der Waals surface area (Å²) in [6, 6.07) is 1.90. The van der Waals surface area contributed by atoms with E-state index >= 15 is 0 Å². The molecule has 2 aromatic rings. The van der Waals surface area contributed by atoms with E-state index in [4.69, 9.17) is 8.83 Å². The van der Waals surface area contributed by atoms with Crippen LogP contribution in [0, 0.1) is 12.8 Å². The highest BCUT2D eigenvalue weighted by Crippen LogP contribution is 2.25. The molecule has 2 heterocycles. The lowest BCUT2D eigenvalue weighted by molar-refractivity contribution is 0.519. The minimum atomic E-state index is 0.821. The Morgan fingerprint density at radius 3 is 2.85 bits per heavy atom. The average molecular weight is 176 g/mol. The molecule has 3 heteroatoms. The van der Waals surface area contributed by atoms with Gasteiger partial charge >= 0.3 is 0 Å². The van der Waals surface area contributed by atoms with Crippen LogP contribution in [0.4, 0.5) is 0 Å². The van der Waals surface area contributed by atoms with E-state index in [1.54, 1.807) is 12.5 Å². The maximum absolute atomic E-state index is 5.26. The molecule has 0 aliphatic heterocycles. The fourth-order valence-corrected chi connectivity index (χ4v) is 1.27. The molecule has 0 saturated heterocycles. The molecule has 0 N–H and O–H groups in total. The van der Waals surface area contributed by atoms with Crippen LogP contribution >= 0.6 is 0 Å². The molecule has 0 aliphatic carbocycles. The minimum absolute atomic E-state index is 0.821. The van der Waals surface area contributed by atoms with Crippen molar-refractivity contribution in [1.29, 1.82) is 0 Å². The second kappa shape index (κ2) is 3.09. The van der Waals surface area contributed by atoms with E-state index in [0.29, 0.717) is 0 Å². The van der Waals surface area contributed by atoms with Crippen LogP contribution in [0.2, 0.25) is 0 Å². The third kappa shape index (κ3) is 1.37. The van der Waals surface area contributed by atoms with Crippen LogP contribution < -0.4 is 0 Å². The summed E-state index contributed by atoms with van der Waals surface area (Å²) in [5.41, 5.74) is 1.93. The standard InChI is InChI=1S/C10H10NO2/c1-7(9-3-4-12-5-9)10-8(2)11-6-13-10/h3-6H,1-2H3. The first-order chi connectivity index (χ1) is 6.29. The fourth-order valence-electron chi connectivity index (χ4n) is 1.27. The van der Waals surface area contributed by atoms with Crippen LogP contribution in [0.15, 0.2) is 33.8 Å². The average Bonchev–Trinajstić information content (AvgIpc) is 2.72. The summed E-state index contributed by atoms with van der Waals surface area (Å²) in [5.74, 6) is 1.87. The van der Waals surface area contributed by atoms with E-state index in [0.717, 1.165) is 22.9 Å². The van der Waals surface area contributed by atoms with Gasteiger partial charge in [0.25, 0.3) is 0 Å². The van der Waals surface area contributed by atoms with Gasteiger partial charge in [-0.2, -0.15) is 0 Å². The summed E-state index contributed by atoms with van der Waals surface area (Å²) < 4.78 is 10.3. The summed E-state index contributed by atoms with van der Waals surface area (Å²) in [5, 5.41) is 0. The minimum Gasteiger partial charge on any atom is -0.472 e. The number of hydrogen-bond donors (Lipinski definition) is 0. The zero-order chi connectivity index (χ0) is 9.26. The molecule has 0 spiro atoms. The summed E-state index contributed by atoms with van der Waals surface area (Å²) in [6.45, 7) is 3.90. The highest BCUT2D eigenvalue weighted by atomic mass is 16.3. The fraction of sp³-hybridized carbons (Fsp3) is 0.200. The number of oxazole rings is 1. The van der Waals surface area contributed by atoms with Crippen molar-refractivity contribution in [3.8, 4) is 0 Å². The highest BCUT2D eigenvalue weighted by molar-refractivity contribution is 5.38. The number of hydrogen-bond acceptors (Lipinski definition) is 3. The smallest absolute Gasteiger partial charge is 0.181 e. The largest absolute Gasteiger partial charge is 0.472 e. The molecule has 0 amide bonds. The van der Waals surface area contributed by atoms with E-state index in [2.05, 4.69) is 4.98 Å². The molecule has 2 rings (SSSR count). The third-order valence-electron chi connectivity index (χ3n) is 2.04. The molecule has 0 aromatic carbocycles. The van der Waals surface area contributed by atoms with Crippen molar-refractivity contribution < 1.29 is 8.83 Å². The molecule has 0 saturated carbocycles. The van der Waals surface area contributed by atoms with Crippen molar-refractivity contribution in [2.24, 2.45) is 0 Å². The van der Waals surface area contributed by atoms with Gasteiger partial charge in [0.15, 0.2) is 6.39 Å². The number of aromatic nitrogens is 1. The van der Waals surface area contributed by atoms with Crippen LogP contribution in [-0.4, -0.2) is 4.98 Å². The predicted octanol–water partition coefficient (Wildman–Crippen LogP) is 2.57. The van der Waals surface area contributed by atoms with Gasteiger partial charge in [-0.3, -0.25) is 0 Å². The van der Waals surface area contributed by atoms with E-state index in [9.17, 15) is 0 Å². The Morgan fingerprint density at radius 2 is 2.31 bits per heavy atom. The summed E-state index contributed by atoms with van der Waals surface area (Å²) in [7, 11) is 0. The number of furan rings is 1. The Balaban J connectivity index is 2.33. The van der Waals surface area contributed by atoms with Crippen LogP contribution in [0.1, 0.15) is 23.9 Å². The van der Waals surface area contributed by atoms with Gasteiger partial charge in [-0.05, 0) is 19.9 Å². The molecule has 0 unspecified atom stereocenters. The van der Waals surface area contributed by atoms with Crippen molar-refractivity contribution in [2.75, 3.05) is 0 Å². The van der Waals surface area contributed by atoms with Crippen LogP contribution in [0.3, 0.4) is 0 Å². The van der Waals surface area contributed by atoms with Crippen LogP contribution in [0.25, 0.3) is 0 Å². The molecule has 0 fully saturated rings. The van der Waals surface area contributed by atoms with Gasteiger partial charge in [0.1, 0.15) is 5.76 Å². The van der Waals surface area contributed by atoms with Crippen LogP contribution in [-0.2, 0) is 0 Å². The van der Waals surface area contributed by atoms with Crippen molar-refractivity contribution in [3.63, 3.8) is 0 Å². The van der Waals surface area contributed by atoms with Crippen molar-refractivity contribution in [2.45, 2.75) is 13.8 Å². The Labute approximate surface area is 76.4 Å². The van der Waals surface area contributed by atoms with Crippen molar-refractivity contribution >= 4 is 0 Å². The Bertz CT molecular complexity index is 375. The molecule has 3 nitrogen and oxygen atoms in total. The molecule has 2 aromatic heterocycles. The third-order valence-corrected chi connectivity index (χ3v) is 2.04. The Hall–Kier alpha value is -1.51. The quantitative estimate of drug-likeness (QED) is 0.705. The van der Waals surface area contributed by atoms with Gasteiger partial charge in [-0.15, -0.1) is 0 Å². The molecule has 0 bridgehead atoms. The predicted molar refractivity (Wildman–Crippen MR) is 47.1 cm³/mol. The maximum Gasteiger partial charge on any atom is 0.181 e. The summed E-state index contributed by atoms with van der Waals surface area (Å²) >= 11 is 0. The van der Waals surface area contributed by atoms with Gasteiger partial charge in [0.05, 0.1) is 24.1 Å². The lowest BCUT2D eigenvalue weighted by Gasteiger charge is -2.03. The van der Waals surface area contributed by atoms with E-state index in [1.165, 1.54) is 6.39 Å². The molecule has 0 aliphatic rings. The van der Waals surface area contributed by atoms with Gasteiger partial charge < -0.3 is 8.83 Å². The van der Waals surface area contributed by atoms with E-state index < -0.39 is 0 Å². The monoisotopic (exact) mass is 176 g/mol. The highest BCUT2D eigenvalue weighted by Gasteiger charge is 2.16. The number of rotatable bonds is 2. The summed E-state index contributed by atoms with van der Waals surface area (Å²) in [4.78, 5) is 4.03. The van der Waals surface area contributed by atoms with Gasteiger partial charge in [-0.1, -0.05) is 0 Å². The number of aryl methyl sites for hydroxylation is 1. The summed E-state index contributed by atoms with van der Waals surface area (Å²) in [6.07, 6.45) is 4.79. The first kappa shape index (κ1) is 8.10. The second-order valence-electron chi connectivity index (χ2n) is 2.90. The Kier molecular flexibility index (Phi) is 1.93. The number of nitrogens with zero attached hydrogens (tertiary/aromatic N) is 1. The van der Waals surface area contributed by atoms with Crippen molar-refractivity contribution in [3.05, 3.63) is 47.9 Å². The Morgan fingerprint density at radius 1 is 1.46 bits per heavy atom. The topological polar surface area (TPSA) is 39.2 Å². The zero-order valence-electron chi connectivity index (χ0n) is 7.57. The normalized spacial score (nSPS) is 11.0. The lowest BCUT2D eigenvalue weighted by atomic mass is 10.0. The first-order valence-corrected chi connectivity index (χ1v) is 4.05. The first-order valence-electron chi connectivity index (χ1n) is 4.05. The molecular weight excluding hydrogens is 166 g/mol.